The largest absolute Gasteiger partial charge is 0.281 e. The van der Waals surface area contributed by atoms with Crippen LogP contribution in [0, 0.1) is 25.5 Å². The van der Waals surface area contributed by atoms with E-state index < -0.39 is 36.6 Å². The van der Waals surface area contributed by atoms with Crippen molar-refractivity contribution in [3.63, 3.8) is 0 Å². The van der Waals surface area contributed by atoms with Crippen LogP contribution in [0.2, 0.25) is 0 Å². The van der Waals surface area contributed by atoms with Crippen LogP contribution >= 0.6 is 0 Å². The van der Waals surface area contributed by atoms with E-state index in [-0.39, 0.29) is 37.5 Å². The molecule has 0 spiro atoms. The number of hydrogen-bond donors (Lipinski definition) is 1. The van der Waals surface area contributed by atoms with Crippen molar-refractivity contribution >= 4 is 20.0 Å². The number of halogens is 2. The van der Waals surface area contributed by atoms with Crippen molar-refractivity contribution in [2.75, 3.05) is 26.2 Å². The standard InChI is InChI=1S/C16H20F2N4O4S2/c1-11-16(12(2)20-19-11)28(25,26)22-5-3-4-21(6-7-22)27(23,24)15-9-13(17)8-14(18)10-15/h8-10H,3-7H2,1-2H3,(H,19,20). The molecule has 154 valence electrons. The molecule has 2 heterocycles. The topological polar surface area (TPSA) is 103 Å². The highest BCUT2D eigenvalue weighted by atomic mass is 32.2. The second-order valence-electron chi connectivity index (χ2n) is 6.53. The number of aromatic nitrogens is 2. The van der Waals surface area contributed by atoms with Gasteiger partial charge in [-0.2, -0.15) is 13.7 Å². The van der Waals surface area contributed by atoms with Gasteiger partial charge in [0.2, 0.25) is 20.0 Å². The Morgan fingerprint density at radius 2 is 1.43 bits per heavy atom. The summed E-state index contributed by atoms with van der Waals surface area (Å²) in [5, 5.41) is 6.53. The van der Waals surface area contributed by atoms with E-state index in [0.29, 0.717) is 17.5 Å². The summed E-state index contributed by atoms with van der Waals surface area (Å²) >= 11 is 0. The van der Waals surface area contributed by atoms with Gasteiger partial charge >= 0.3 is 0 Å². The Labute approximate surface area is 162 Å². The number of sulfonamides is 2. The maximum Gasteiger partial charge on any atom is 0.246 e. The molecule has 8 nitrogen and oxygen atoms in total. The first-order valence-corrected chi connectivity index (χ1v) is 11.4. The highest BCUT2D eigenvalue weighted by Gasteiger charge is 2.34. The van der Waals surface area contributed by atoms with E-state index in [2.05, 4.69) is 10.2 Å². The zero-order chi connectivity index (χ0) is 20.7. The monoisotopic (exact) mass is 434 g/mol. The number of nitrogens with one attached hydrogen (secondary N) is 1. The van der Waals surface area contributed by atoms with E-state index in [4.69, 9.17) is 0 Å². The fraction of sp³-hybridized carbons (Fsp3) is 0.438. The molecule has 0 amide bonds. The molecule has 1 aliphatic heterocycles. The van der Waals surface area contributed by atoms with Gasteiger partial charge in [-0.05, 0) is 32.4 Å². The van der Waals surface area contributed by atoms with E-state index in [1.165, 1.54) is 4.31 Å². The van der Waals surface area contributed by atoms with Crippen LogP contribution in [0.25, 0.3) is 0 Å². The molecule has 1 saturated heterocycles. The average Bonchev–Trinajstić information content (AvgIpc) is 2.81. The summed E-state index contributed by atoms with van der Waals surface area (Å²) in [6.45, 7) is 3.12. The van der Waals surface area contributed by atoms with Gasteiger partial charge < -0.3 is 0 Å². The molecular weight excluding hydrogens is 414 g/mol. The van der Waals surface area contributed by atoms with Gasteiger partial charge in [-0.25, -0.2) is 25.6 Å². The molecule has 0 saturated carbocycles. The van der Waals surface area contributed by atoms with Crippen LogP contribution in [0.1, 0.15) is 17.8 Å². The quantitative estimate of drug-likeness (QED) is 0.783. The molecule has 12 heteroatoms. The summed E-state index contributed by atoms with van der Waals surface area (Å²) in [6, 6.07) is 2.08. The SMILES string of the molecule is Cc1n[nH]c(C)c1S(=O)(=O)N1CCCN(S(=O)(=O)c2cc(F)cc(F)c2)CC1. The van der Waals surface area contributed by atoms with E-state index in [1.807, 2.05) is 0 Å². The maximum absolute atomic E-state index is 13.4. The Hall–Kier alpha value is -1.89. The minimum absolute atomic E-state index is 0.0375. The molecule has 1 aromatic heterocycles. The Balaban J connectivity index is 1.85. The lowest BCUT2D eigenvalue weighted by molar-refractivity contribution is 0.404. The van der Waals surface area contributed by atoms with Gasteiger partial charge in [0.1, 0.15) is 16.5 Å². The van der Waals surface area contributed by atoms with Crippen LogP contribution in [0.15, 0.2) is 28.0 Å². The summed E-state index contributed by atoms with van der Waals surface area (Å²) < 4.78 is 80.5. The number of nitrogens with zero attached hydrogens (tertiary/aromatic N) is 3. The summed E-state index contributed by atoms with van der Waals surface area (Å²) in [7, 11) is -8.01. The van der Waals surface area contributed by atoms with Crippen LogP contribution in [0.4, 0.5) is 8.78 Å². The third kappa shape index (κ3) is 3.81. The Bertz CT molecular complexity index is 1060. The van der Waals surface area contributed by atoms with Gasteiger partial charge in [-0.3, -0.25) is 5.10 Å². The minimum atomic E-state index is -4.16. The smallest absolute Gasteiger partial charge is 0.246 e. The Morgan fingerprint density at radius 3 is 1.93 bits per heavy atom. The van der Waals surface area contributed by atoms with Crippen molar-refractivity contribution in [2.45, 2.75) is 30.1 Å². The van der Waals surface area contributed by atoms with Crippen molar-refractivity contribution in [3.8, 4) is 0 Å². The predicted molar refractivity (Wildman–Crippen MR) is 96.6 cm³/mol. The molecule has 1 aromatic carbocycles. The van der Waals surface area contributed by atoms with Crippen LogP contribution in [0.3, 0.4) is 0 Å². The fourth-order valence-electron chi connectivity index (χ4n) is 3.23. The molecule has 2 aromatic rings. The molecule has 1 fully saturated rings. The maximum atomic E-state index is 13.4. The van der Waals surface area contributed by atoms with Gasteiger partial charge in [0.25, 0.3) is 0 Å². The van der Waals surface area contributed by atoms with Gasteiger partial charge in [0.15, 0.2) is 0 Å². The average molecular weight is 434 g/mol. The number of hydrogen-bond acceptors (Lipinski definition) is 5. The highest BCUT2D eigenvalue weighted by molar-refractivity contribution is 7.89. The van der Waals surface area contributed by atoms with Crippen molar-refractivity contribution in [3.05, 3.63) is 41.2 Å². The number of H-pyrrole nitrogens is 1. The van der Waals surface area contributed by atoms with Gasteiger partial charge in [-0.1, -0.05) is 0 Å². The number of rotatable bonds is 4. The van der Waals surface area contributed by atoms with E-state index in [9.17, 15) is 25.6 Å². The van der Waals surface area contributed by atoms with E-state index in [1.54, 1.807) is 13.8 Å². The minimum Gasteiger partial charge on any atom is -0.281 e. The molecule has 1 N–H and O–H groups in total. The first-order valence-electron chi connectivity index (χ1n) is 8.51. The predicted octanol–water partition coefficient (Wildman–Crippen LogP) is 1.39. The Kier molecular flexibility index (Phi) is 5.58. The van der Waals surface area contributed by atoms with Crippen molar-refractivity contribution in [2.24, 2.45) is 0 Å². The zero-order valence-corrected chi connectivity index (χ0v) is 16.9. The van der Waals surface area contributed by atoms with Gasteiger partial charge in [0.05, 0.1) is 16.3 Å². The fourth-order valence-corrected chi connectivity index (χ4v) is 6.54. The molecule has 0 bridgehead atoms. The summed E-state index contributed by atoms with van der Waals surface area (Å²) in [5.74, 6) is -1.99. The lowest BCUT2D eigenvalue weighted by atomic mass is 10.3. The first-order chi connectivity index (χ1) is 13.0. The molecule has 0 aliphatic carbocycles. The number of aromatic amines is 1. The van der Waals surface area contributed by atoms with Crippen LogP contribution < -0.4 is 0 Å². The molecule has 1 aliphatic rings. The third-order valence-electron chi connectivity index (χ3n) is 4.55. The lowest BCUT2D eigenvalue weighted by Crippen LogP contribution is -2.37. The molecule has 0 atom stereocenters. The number of benzene rings is 1. The van der Waals surface area contributed by atoms with Crippen molar-refractivity contribution in [1.82, 2.24) is 18.8 Å². The summed E-state index contributed by atoms with van der Waals surface area (Å²) in [4.78, 5) is -0.418. The third-order valence-corrected chi connectivity index (χ3v) is 8.58. The molecular formula is C16H20F2N4O4S2. The Morgan fingerprint density at radius 1 is 0.893 bits per heavy atom. The normalized spacial score (nSPS) is 17.6. The highest BCUT2D eigenvalue weighted by Crippen LogP contribution is 2.25. The zero-order valence-electron chi connectivity index (χ0n) is 15.3. The lowest BCUT2D eigenvalue weighted by Gasteiger charge is -2.22. The molecule has 28 heavy (non-hydrogen) atoms. The summed E-state index contributed by atoms with van der Waals surface area (Å²) in [5.41, 5.74) is 0.739. The van der Waals surface area contributed by atoms with Crippen LogP contribution in [0.5, 0.6) is 0 Å². The number of aryl methyl sites for hydroxylation is 2. The van der Waals surface area contributed by atoms with Crippen molar-refractivity contribution < 1.29 is 25.6 Å². The summed E-state index contributed by atoms with van der Waals surface area (Å²) in [6.07, 6.45) is 0.242. The van der Waals surface area contributed by atoms with E-state index in [0.717, 1.165) is 16.4 Å². The van der Waals surface area contributed by atoms with Gasteiger partial charge in [0, 0.05) is 32.2 Å². The molecule has 3 rings (SSSR count). The second-order valence-corrected chi connectivity index (χ2v) is 10.3. The van der Waals surface area contributed by atoms with E-state index >= 15 is 0 Å². The van der Waals surface area contributed by atoms with Crippen LogP contribution in [-0.4, -0.2) is 61.8 Å². The molecule has 0 radical (unpaired) electrons. The van der Waals surface area contributed by atoms with Gasteiger partial charge in [-0.15, -0.1) is 0 Å². The first kappa shape index (κ1) is 20.8. The van der Waals surface area contributed by atoms with Crippen molar-refractivity contribution in [1.29, 1.82) is 0 Å². The second kappa shape index (κ2) is 7.50. The molecule has 0 unspecified atom stereocenters. The van der Waals surface area contributed by atoms with Crippen LogP contribution in [-0.2, 0) is 20.0 Å².